The highest BCUT2D eigenvalue weighted by molar-refractivity contribution is 6.36. The number of carbonyl (C=O) groups is 2. The first-order valence-electron chi connectivity index (χ1n) is 11.3. The van der Waals surface area contributed by atoms with E-state index in [1.54, 1.807) is 18.2 Å². The van der Waals surface area contributed by atoms with Crippen LogP contribution in [-0.4, -0.2) is 35.9 Å². The number of amides is 2. The molecule has 0 saturated heterocycles. The molecule has 0 aromatic heterocycles. The van der Waals surface area contributed by atoms with Crippen molar-refractivity contribution in [3.63, 3.8) is 0 Å². The molecule has 2 amide bonds. The van der Waals surface area contributed by atoms with Gasteiger partial charge in [-0.25, -0.2) is 0 Å². The summed E-state index contributed by atoms with van der Waals surface area (Å²) < 4.78 is 5.97. The molecule has 0 heterocycles. The van der Waals surface area contributed by atoms with E-state index in [9.17, 15) is 9.59 Å². The van der Waals surface area contributed by atoms with Crippen molar-refractivity contribution in [1.82, 2.24) is 10.2 Å². The fraction of sp³-hybridized carbons (Fsp3) is 0.462. The lowest BCUT2D eigenvalue weighted by Crippen LogP contribution is -2.50. The van der Waals surface area contributed by atoms with E-state index in [-0.39, 0.29) is 30.4 Å². The van der Waals surface area contributed by atoms with Gasteiger partial charge in [0.05, 0.1) is 0 Å². The molecule has 0 radical (unpaired) electrons. The van der Waals surface area contributed by atoms with Crippen molar-refractivity contribution < 1.29 is 14.3 Å². The molecule has 2 aromatic rings. The number of halogens is 2. The molecule has 2 rings (SSSR count). The van der Waals surface area contributed by atoms with Crippen molar-refractivity contribution >= 4 is 35.0 Å². The van der Waals surface area contributed by atoms with E-state index >= 15 is 0 Å². The number of benzene rings is 2. The summed E-state index contributed by atoms with van der Waals surface area (Å²) in [6, 6.07) is 12.2. The molecule has 7 heteroatoms. The number of nitrogens with zero attached hydrogens (tertiary/aromatic N) is 1. The second-order valence-electron chi connectivity index (χ2n) is 8.97. The average molecular weight is 493 g/mol. The van der Waals surface area contributed by atoms with Crippen molar-refractivity contribution in [2.24, 2.45) is 0 Å². The minimum atomic E-state index is -0.669. The van der Waals surface area contributed by atoms with Crippen LogP contribution in [0.5, 0.6) is 5.75 Å². The zero-order valence-corrected chi connectivity index (χ0v) is 21.6. The second-order valence-corrected chi connectivity index (χ2v) is 9.79. The summed E-state index contributed by atoms with van der Waals surface area (Å²) in [5, 5.41) is 3.79. The highest BCUT2D eigenvalue weighted by atomic mass is 35.5. The summed E-state index contributed by atoms with van der Waals surface area (Å²) in [7, 11) is 0. The van der Waals surface area contributed by atoms with Crippen LogP contribution in [0.3, 0.4) is 0 Å². The summed E-state index contributed by atoms with van der Waals surface area (Å²) in [6.07, 6.45) is 1.25. The third-order valence-electron chi connectivity index (χ3n) is 5.37. The topological polar surface area (TPSA) is 58.6 Å². The number of hydrogen-bond acceptors (Lipinski definition) is 3. The van der Waals surface area contributed by atoms with E-state index in [2.05, 4.69) is 26.1 Å². The van der Waals surface area contributed by atoms with Crippen molar-refractivity contribution in [2.45, 2.75) is 65.5 Å². The van der Waals surface area contributed by atoms with Crippen LogP contribution >= 0.6 is 23.2 Å². The van der Waals surface area contributed by atoms with Crippen LogP contribution < -0.4 is 10.1 Å². The molecule has 0 bridgehead atoms. The van der Waals surface area contributed by atoms with Gasteiger partial charge < -0.3 is 15.0 Å². The Bertz CT molecular complexity index is 937. The summed E-state index contributed by atoms with van der Waals surface area (Å²) in [5.74, 6) is 0.136. The third-order valence-corrected chi connectivity index (χ3v) is 6.08. The van der Waals surface area contributed by atoms with Gasteiger partial charge in [0.15, 0.2) is 6.61 Å². The quantitative estimate of drug-likeness (QED) is 0.442. The van der Waals surface area contributed by atoms with E-state index in [4.69, 9.17) is 27.9 Å². The fourth-order valence-corrected chi connectivity index (χ4v) is 4.09. The molecule has 180 valence electrons. The Labute approximate surface area is 207 Å². The zero-order chi connectivity index (χ0) is 24.6. The molecule has 33 heavy (non-hydrogen) atoms. The Hall–Kier alpha value is -2.24. The molecule has 1 atom stereocenters. The summed E-state index contributed by atoms with van der Waals surface area (Å²) in [5.41, 5.74) is 1.47. The maximum Gasteiger partial charge on any atom is 0.261 e. The zero-order valence-electron chi connectivity index (χ0n) is 20.1. The predicted molar refractivity (Wildman–Crippen MR) is 135 cm³/mol. The van der Waals surface area contributed by atoms with Crippen LogP contribution in [0.4, 0.5) is 0 Å². The largest absolute Gasteiger partial charge is 0.483 e. The lowest BCUT2D eigenvalue weighted by Gasteiger charge is -2.31. The monoisotopic (exact) mass is 492 g/mol. The Morgan fingerprint density at radius 1 is 1.03 bits per heavy atom. The van der Waals surface area contributed by atoms with Crippen molar-refractivity contribution in [3.8, 4) is 5.75 Å². The standard InChI is InChI=1S/C26H34Cl2N2O3/c1-6-15-29-25(32)22(7-2)30(16-18-20(27)12-10-13-21(18)28)24(31)17-33-23-14-9-8-11-19(23)26(3,4)5/h8-14,22H,6-7,15-17H2,1-5H3,(H,29,32)/t22-/m0/s1. The second kappa shape index (κ2) is 12.3. The van der Waals surface area contributed by atoms with Crippen LogP contribution in [0.15, 0.2) is 42.5 Å². The minimum absolute atomic E-state index is 0.111. The van der Waals surface area contributed by atoms with E-state index in [0.717, 1.165) is 12.0 Å². The van der Waals surface area contributed by atoms with Crippen molar-refractivity contribution in [1.29, 1.82) is 0 Å². The van der Waals surface area contributed by atoms with Crippen LogP contribution in [0.25, 0.3) is 0 Å². The van der Waals surface area contributed by atoms with Crippen LogP contribution in [0.2, 0.25) is 10.0 Å². The summed E-state index contributed by atoms with van der Waals surface area (Å²) in [4.78, 5) is 27.8. The molecule has 2 aromatic carbocycles. The van der Waals surface area contributed by atoms with E-state index in [1.807, 2.05) is 38.1 Å². The number of hydrogen-bond donors (Lipinski definition) is 1. The first-order chi connectivity index (χ1) is 15.6. The summed E-state index contributed by atoms with van der Waals surface area (Å²) >= 11 is 12.8. The molecule has 0 spiro atoms. The first kappa shape index (κ1) is 27.0. The van der Waals surface area contributed by atoms with Gasteiger partial charge >= 0.3 is 0 Å². The van der Waals surface area contributed by atoms with Gasteiger partial charge in [-0.2, -0.15) is 0 Å². The van der Waals surface area contributed by atoms with E-state index < -0.39 is 6.04 Å². The lowest BCUT2D eigenvalue weighted by molar-refractivity contribution is -0.143. The van der Waals surface area contributed by atoms with Gasteiger partial charge in [-0.15, -0.1) is 0 Å². The normalized spacial score (nSPS) is 12.2. The number of para-hydroxylation sites is 1. The van der Waals surface area contributed by atoms with Gasteiger partial charge in [0.25, 0.3) is 5.91 Å². The van der Waals surface area contributed by atoms with Gasteiger partial charge in [-0.05, 0) is 42.0 Å². The highest BCUT2D eigenvalue weighted by Gasteiger charge is 2.30. The maximum atomic E-state index is 13.4. The maximum absolute atomic E-state index is 13.4. The lowest BCUT2D eigenvalue weighted by atomic mass is 9.86. The molecule has 0 aliphatic carbocycles. The van der Waals surface area contributed by atoms with Gasteiger partial charge in [0.1, 0.15) is 11.8 Å². The number of nitrogens with one attached hydrogen (secondary N) is 1. The molecule has 0 saturated carbocycles. The summed E-state index contributed by atoms with van der Waals surface area (Å²) in [6.45, 7) is 10.6. The number of carbonyl (C=O) groups excluding carboxylic acids is 2. The Morgan fingerprint density at radius 3 is 2.24 bits per heavy atom. The first-order valence-corrected chi connectivity index (χ1v) is 12.1. The van der Waals surface area contributed by atoms with Gasteiger partial charge in [0, 0.05) is 28.7 Å². The fourth-order valence-electron chi connectivity index (χ4n) is 3.57. The Balaban J connectivity index is 2.32. The molecule has 0 aliphatic heterocycles. The molecule has 0 fully saturated rings. The molecular formula is C26H34Cl2N2O3. The Morgan fingerprint density at radius 2 is 1.67 bits per heavy atom. The molecular weight excluding hydrogens is 459 g/mol. The van der Waals surface area contributed by atoms with Crippen molar-refractivity contribution in [2.75, 3.05) is 13.2 Å². The van der Waals surface area contributed by atoms with E-state index in [1.165, 1.54) is 4.90 Å². The Kier molecular flexibility index (Phi) is 10.1. The van der Waals surface area contributed by atoms with Crippen LogP contribution in [-0.2, 0) is 21.5 Å². The molecule has 0 aliphatic rings. The van der Waals surface area contributed by atoms with Gasteiger partial charge in [-0.3, -0.25) is 9.59 Å². The highest BCUT2D eigenvalue weighted by Crippen LogP contribution is 2.31. The van der Waals surface area contributed by atoms with Crippen LogP contribution in [0, 0.1) is 0 Å². The smallest absolute Gasteiger partial charge is 0.261 e. The SMILES string of the molecule is CCCNC(=O)[C@H](CC)N(Cc1c(Cl)cccc1Cl)C(=O)COc1ccccc1C(C)(C)C. The van der Waals surface area contributed by atoms with E-state index in [0.29, 0.717) is 34.3 Å². The minimum Gasteiger partial charge on any atom is -0.483 e. The van der Waals surface area contributed by atoms with Crippen LogP contribution in [0.1, 0.15) is 58.6 Å². The molecule has 5 nitrogen and oxygen atoms in total. The third kappa shape index (κ3) is 7.38. The predicted octanol–water partition coefficient (Wildman–Crippen LogP) is 6.00. The average Bonchev–Trinajstić information content (AvgIpc) is 2.77. The number of rotatable bonds is 10. The van der Waals surface area contributed by atoms with Crippen molar-refractivity contribution in [3.05, 3.63) is 63.6 Å². The van der Waals surface area contributed by atoms with Gasteiger partial charge in [0.2, 0.25) is 5.91 Å². The van der Waals surface area contributed by atoms with Gasteiger partial charge in [-0.1, -0.05) is 82.1 Å². The molecule has 0 unspecified atom stereocenters. The molecule has 1 N–H and O–H groups in total. The number of ether oxygens (including phenoxy) is 1.